The van der Waals surface area contributed by atoms with Crippen molar-refractivity contribution in [2.45, 2.75) is 27.2 Å². The summed E-state index contributed by atoms with van der Waals surface area (Å²) in [6, 6.07) is 21.2. The molecule has 3 aromatic rings. The molecule has 0 saturated carbocycles. The Balaban J connectivity index is 1.52. The molecular formula is C26H28N2O4. The zero-order valence-electron chi connectivity index (χ0n) is 18.7. The first kappa shape index (κ1) is 23.0. The van der Waals surface area contributed by atoms with Gasteiger partial charge in [0.1, 0.15) is 17.2 Å². The van der Waals surface area contributed by atoms with Gasteiger partial charge in [0, 0.05) is 0 Å². The molecule has 0 aliphatic rings. The maximum Gasteiger partial charge on any atom is 0.343 e. The van der Waals surface area contributed by atoms with Gasteiger partial charge in [-0.25, -0.2) is 4.79 Å². The Morgan fingerprint density at radius 2 is 1.25 bits per heavy atom. The Morgan fingerprint density at radius 3 is 1.78 bits per heavy atom. The minimum atomic E-state index is -0.432. The highest BCUT2D eigenvalue weighted by Crippen LogP contribution is 2.24. The molecule has 0 aliphatic heterocycles. The van der Waals surface area contributed by atoms with E-state index in [4.69, 9.17) is 14.2 Å². The molecule has 32 heavy (non-hydrogen) atoms. The second kappa shape index (κ2) is 11.6. The summed E-state index contributed by atoms with van der Waals surface area (Å²) in [5.74, 6) is 2.16. The van der Waals surface area contributed by atoms with Crippen LogP contribution < -0.4 is 14.2 Å². The number of benzene rings is 3. The van der Waals surface area contributed by atoms with Crippen LogP contribution in [-0.2, 0) is 0 Å². The van der Waals surface area contributed by atoms with Crippen molar-refractivity contribution in [3.8, 4) is 17.2 Å². The van der Waals surface area contributed by atoms with Gasteiger partial charge in [0.05, 0.1) is 30.2 Å². The summed E-state index contributed by atoms with van der Waals surface area (Å²) in [4.78, 5) is 12.3. The Morgan fingerprint density at radius 1 is 0.750 bits per heavy atom. The minimum Gasteiger partial charge on any atom is -0.494 e. The molecule has 0 radical (unpaired) electrons. The fraction of sp³-hybridized carbons (Fsp3) is 0.269. The summed E-state index contributed by atoms with van der Waals surface area (Å²) in [6.07, 6.45) is 1.02. The largest absolute Gasteiger partial charge is 0.494 e. The smallest absolute Gasteiger partial charge is 0.343 e. The van der Waals surface area contributed by atoms with E-state index in [2.05, 4.69) is 24.1 Å². The Bertz CT molecular complexity index is 1010. The van der Waals surface area contributed by atoms with Crippen LogP contribution in [0.4, 0.5) is 11.4 Å². The van der Waals surface area contributed by atoms with Crippen LogP contribution in [0.2, 0.25) is 0 Å². The third kappa shape index (κ3) is 7.23. The van der Waals surface area contributed by atoms with E-state index in [9.17, 15) is 4.79 Å². The lowest BCUT2D eigenvalue weighted by atomic mass is 10.1. The van der Waals surface area contributed by atoms with Crippen LogP contribution in [0.1, 0.15) is 37.6 Å². The molecule has 0 fully saturated rings. The fourth-order valence-corrected chi connectivity index (χ4v) is 2.74. The first-order valence-electron chi connectivity index (χ1n) is 10.7. The van der Waals surface area contributed by atoms with Crippen molar-refractivity contribution in [2.24, 2.45) is 16.1 Å². The highest BCUT2D eigenvalue weighted by Gasteiger charge is 2.09. The van der Waals surface area contributed by atoms with E-state index in [1.165, 1.54) is 0 Å². The summed E-state index contributed by atoms with van der Waals surface area (Å²) in [7, 11) is 0. The van der Waals surface area contributed by atoms with Gasteiger partial charge in [-0.3, -0.25) is 0 Å². The molecule has 0 spiro atoms. The molecule has 6 nitrogen and oxygen atoms in total. The van der Waals surface area contributed by atoms with Crippen molar-refractivity contribution < 1.29 is 19.0 Å². The Labute approximate surface area is 188 Å². The van der Waals surface area contributed by atoms with E-state index in [0.717, 1.165) is 17.9 Å². The van der Waals surface area contributed by atoms with E-state index in [1.54, 1.807) is 48.5 Å². The third-order valence-electron chi connectivity index (χ3n) is 4.53. The van der Waals surface area contributed by atoms with Crippen LogP contribution in [0.25, 0.3) is 0 Å². The number of hydrogen-bond donors (Lipinski definition) is 0. The molecule has 166 valence electrons. The lowest BCUT2D eigenvalue weighted by molar-refractivity contribution is 0.0734. The first-order chi connectivity index (χ1) is 15.5. The van der Waals surface area contributed by atoms with E-state index in [1.807, 2.05) is 31.2 Å². The molecule has 3 rings (SSSR count). The number of hydrogen-bond acceptors (Lipinski definition) is 6. The molecule has 3 aromatic carbocycles. The van der Waals surface area contributed by atoms with Gasteiger partial charge in [0.25, 0.3) is 0 Å². The van der Waals surface area contributed by atoms with E-state index in [0.29, 0.717) is 41.9 Å². The molecule has 0 aromatic heterocycles. The van der Waals surface area contributed by atoms with Gasteiger partial charge in [0.15, 0.2) is 0 Å². The number of esters is 1. The maximum atomic E-state index is 12.3. The standard InChI is InChI=1S/C26H28N2O4/c1-4-30-23-11-5-20(6-12-23)26(29)32-25-15-9-22(10-16-25)28-27-21-7-13-24(14-8-21)31-18-17-19(2)3/h5-16,19H,4,17-18H2,1-3H3. The van der Waals surface area contributed by atoms with E-state index in [-0.39, 0.29) is 0 Å². The number of carbonyl (C=O) groups is 1. The average Bonchev–Trinajstić information content (AvgIpc) is 2.80. The predicted octanol–water partition coefficient (Wildman–Crippen LogP) is 7.14. The first-order valence-corrected chi connectivity index (χ1v) is 10.7. The minimum absolute atomic E-state index is 0.432. The zero-order valence-corrected chi connectivity index (χ0v) is 18.7. The SMILES string of the molecule is CCOc1ccc(C(=O)Oc2ccc(N=Nc3ccc(OCCC(C)C)cc3)cc2)cc1. The summed E-state index contributed by atoms with van der Waals surface area (Å²) < 4.78 is 16.5. The second-order valence-electron chi connectivity index (χ2n) is 7.57. The second-order valence-corrected chi connectivity index (χ2v) is 7.57. The third-order valence-corrected chi connectivity index (χ3v) is 4.53. The van der Waals surface area contributed by atoms with Gasteiger partial charge in [-0.1, -0.05) is 13.8 Å². The maximum absolute atomic E-state index is 12.3. The molecular weight excluding hydrogens is 404 g/mol. The van der Waals surface area contributed by atoms with Crippen molar-refractivity contribution in [1.29, 1.82) is 0 Å². The predicted molar refractivity (Wildman–Crippen MR) is 125 cm³/mol. The number of ether oxygens (including phenoxy) is 3. The highest BCUT2D eigenvalue weighted by atomic mass is 16.5. The number of azo groups is 1. The number of nitrogens with zero attached hydrogens (tertiary/aromatic N) is 2. The topological polar surface area (TPSA) is 69.5 Å². The van der Waals surface area contributed by atoms with Crippen molar-refractivity contribution >= 4 is 17.3 Å². The van der Waals surface area contributed by atoms with Gasteiger partial charge in [-0.2, -0.15) is 10.2 Å². The molecule has 0 bridgehead atoms. The Kier molecular flexibility index (Phi) is 8.37. The van der Waals surface area contributed by atoms with Crippen LogP contribution in [0, 0.1) is 5.92 Å². The average molecular weight is 433 g/mol. The lowest BCUT2D eigenvalue weighted by Gasteiger charge is -2.07. The van der Waals surface area contributed by atoms with Crippen molar-refractivity contribution in [2.75, 3.05) is 13.2 Å². The van der Waals surface area contributed by atoms with Crippen LogP contribution in [0.15, 0.2) is 83.0 Å². The summed E-state index contributed by atoms with van der Waals surface area (Å²) >= 11 is 0. The molecule has 6 heteroatoms. The van der Waals surface area contributed by atoms with Gasteiger partial charge < -0.3 is 14.2 Å². The summed E-state index contributed by atoms with van der Waals surface area (Å²) in [5, 5.41) is 8.46. The molecule has 0 N–H and O–H groups in total. The molecule has 0 heterocycles. The summed E-state index contributed by atoms with van der Waals surface area (Å²) in [6.45, 7) is 7.53. The monoisotopic (exact) mass is 432 g/mol. The fourth-order valence-electron chi connectivity index (χ4n) is 2.74. The van der Waals surface area contributed by atoms with Gasteiger partial charge >= 0.3 is 5.97 Å². The van der Waals surface area contributed by atoms with Gasteiger partial charge in [-0.05, 0) is 92.1 Å². The van der Waals surface area contributed by atoms with Gasteiger partial charge in [0.2, 0.25) is 0 Å². The van der Waals surface area contributed by atoms with Crippen molar-refractivity contribution in [3.63, 3.8) is 0 Å². The molecule has 0 aliphatic carbocycles. The van der Waals surface area contributed by atoms with E-state index >= 15 is 0 Å². The lowest BCUT2D eigenvalue weighted by Crippen LogP contribution is -2.08. The van der Waals surface area contributed by atoms with Crippen molar-refractivity contribution in [3.05, 3.63) is 78.4 Å². The number of carbonyl (C=O) groups excluding carboxylic acids is 1. The van der Waals surface area contributed by atoms with Crippen LogP contribution in [0.5, 0.6) is 17.2 Å². The van der Waals surface area contributed by atoms with Crippen LogP contribution >= 0.6 is 0 Å². The molecule has 0 saturated heterocycles. The molecule has 0 unspecified atom stereocenters. The van der Waals surface area contributed by atoms with Gasteiger partial charge in [-0.15, -0.1) is 0 Å². The summed E-state index contributed by atoms with van der Waals surface area (Å²) in [5.41, 5.74) is 1.84. The molecule has 0 atom stereocenters. The van der Waals surface area contributed by atoms with Crippen LogP contribution in [-0.4, -0.2) is 19.2 Å². The van der Waals surface area contributed by atoms with E-state index < -0.39 is 5.97 Å². The molecule has 0 amide bonds. The zero-order chi connectivity index (χ0) is 22.8. The Hall–Kier alpha value is -3.67. The van der Waals surface area contributed by atoms with Crippen LogP contribution in [0.3, 0.4) is 0 Å². The highest BCUT2D eigenvalue weighted by molar-refractivity contribution is 5.91. The quantitative estimate of drug-likeness (QED) is 0.194. The van der Waals surface area contributed by atoms with Crippen molar-refractivity contribution in [1.82, 2.24) is 0 Å². The normalized spacial score (nSPS) is 11.0. The number of rotatable bonds is 10.